The summed E-state index contributed by atoms with van der Waals surface area (Å²) in [6.07, 6.45) is 8.82. The third kappa shape index (κ3) is 1.73. The Bertz CT molecular complexity index is 368. The normalized spacial score (nSPS) is 10.9. The maximum absolute atomic E-state index is 4.21. The summed E-state index contributed by atoms with van der Waals surface area (Å²) in [5, 5.41) is 0. The van der Waals surface area contributed by atoms with Crippen LogP contribution in [0, 0.1) is 0 Å². The fourth-order valence-electron chi connectivity index (χ4n) is 1.52. The molecule has 0 atom stereocenters. The summed E-state index contributed by atoms with van der Waals surface area (Å²) in [5.41, 5.74) is 0.879. The topological polar surface area (TPSA) is 43.6 Å². The lowest BCUT2D eigenvalue weighted by Gasteiger charge is -2.08. The van der Waals surface area contributed by atoms with Gasteiger partial charge in [-0.3, -0.25) is 0 Å². The Morgan fingerprint density at radius 3 is 3.07 bits per heavy atom. The molecule has 0 aromatic heterocycles. The lowest BCUT2D eigenvalue weighted by atomic mass is 10.2. The largest absolute Gasteiger partial charge is 0.315 e. The van der Waals surface area contributed by atoms with Crippen LogP contribution in [0.25, 0.3) is 11.5 Å². The summed E-state index contributed by atoms with van der Waals surface area (Å²) < 4.78 is 2.07. The van der Waals surface area contributed by atoms with E-state index >= 15 is 0 Å². The maximum Gasteiger partial charge on any atom is 0.163 e. The van der Waals surface area contributed by atoms with Crippen molar-refractivity contribution in [1.82, 2.24) is 19.5 Å². The second kappa shape index (κ2) is 4.17. The van der Waals surface area contributed by atoms with Gasteiger partial charge in [0.25, 0.3) is 0 Å². The van der Waals surface area contributed by atoms with E-state index in [2.05, 4.69) is 26.4 Å². The van der Waals surface area contributed by atoms with E-state index in [1.54, 1.807) is 12.5 Å². The van der Waals surface area contributed by atoms with Gasteiger partial charge in [0.2, 0.25) is 0 Å². The Morgan fingerprint density at radius 1 is 1.29 bits per heavy atom. The second-order valence-corrected chi connectivity index (χ2v) is 3.38. The van der Waals surface area contributed by atoms with Gasteiger partial charge in [-0.1, -0.05) is 19.8 Å². The SMILES string of the molecule is CCCCCn1cncc2ncnc1-2. The number of rotatable bonds is 4. The van der Waals surface area contributed by atoms with Crippen molar-refractivity contribution in [1.29, 1.82) is 0 Å². The zero-order valence-corrected chi connectivity index (χ0v) is 8.35. The predicted molar refractivity (Wildman–Crippen MR) is 54.0 cm³/mol. The molecule has 0 aromatic carbocycles. The molecule has 0 radical (unpaired) electrons. The fraction of sp³-hybridized carbons (Fsp3) is 0.500. The van der Waals surface area contributed by atoms with E-state index < -0.39 is 0 Å². The molecule has 2 heterocycles. The van der Waals surface area contributed by atoms with Gasteiger partial charge in [0.15, 0.2) is 5.82 Å². The Hall–Kier alpha value is -1.45. The van der Waals surface area contributed by atoms with Crippen LogP contribution >= 0.6 is 0 Å². The van der Waals surface area contributed by atoms with E-state index in [1.807, 2.05) is 6.33 Å². The fourth-order valence-corrected chi connectivity index (χ4v) is 1.52. The van der Waals surface area contributed by atoms with Gasteiger partial charge < -0.3 is 4.57 Å². The quantitative estimate of drug-likeness (QED) is 0.692. The van der Waals surface area contributed by atoms with E-state index in [0.717, 1.165) is 18.1 Å². The molecule has 0 bridgehead atoms. The molecule has 2 aliphatic heterocycles. The smallest absolute Gasteiger partial charge is 0.163 e. The van der Waals surface area contributed by atoms with Crippen LogP contribution in [-0.4, -0.2) is 19.5 Å². The Kier molecular flexibility index (Phi) is 2.72. The molecule has 0 amide bonds. The predicted octanol–water partition coefficient (Wildman–Crippen LogP) is 1.97. The molecule has 0 saturated carbocycles. The van der Waals surface area contributed by atoms with Gasteiger partial charge in [-0.15, -0.1) is 0 Å². The van der Waals surface area contributed by atoms with E-state index in [9.17, 15) is 0 Å². The van der Waals surface area contributed by atoms with E-state index in [0.29, 0.717) is 0 Å². The first kappa shape index (κ1) is 9.12. The molecule has 0 saturated heterocycles. The van der Waals surface area contributed by atoms with Gasteiger partial charge in [0.05, 0.1) is 12.5 Å². The summed E-state index contributed by atoms with van der Waals surface area (Å²) >= 11 is 0. The second-order valence-electron chi connectivity index (χ2n) is 3.38. The number of hydrogen-bond acceptors (Lipinski definition) is 3. The monoisotopic (exact) mass is 190 g/mol. The Balaban J connectivity index is 2.13. The summed E-state index contributed by atoms with van der Waals surface area (Å²) in [6.45, 7) is 3.18. The zero-order chi connectivity index (χ0) is 9.80. The molecule has 4 nitrogen and oxygen atoms in total. The van der Waals surface area contributed by atoms with Crippen molar-refractivity contribution in [3.8, 4) is 11.5 Å². The minimum absolute atomic E-state index is 0.879. The molecular weight excluding hydrogens is 176 g/mol. The molecule has 0 aliphatic carbocycles. The van der Waals surface area contributed by atoms with Crippen molar-refractivity contribution >= 4 is 0 Å². The van der Waals surface area contributed by atoms with Crippen LogP contribution in [0.3, 0.4) is 0 Å². The van der Waals surface area contributed by atoms with Crippen LogP contribution in [0.5, 0.6) is 0 Å². The van der Waals surface area contributed by atoms with Crippen LogP contribution in [-0.2, 0) is 6.54 Å². The van der Waals surface area contributed by atoms with Crippen molar-refractivity contribution in [2.24, 2.45) is 0 Å². The molecule has 0 spiro atoms. The highest BCUT2D eigenvalue weighted by molar-refractivity contribution is 5.48. The standard InChI is InChI=1S/C10H14N4/c1-2-3-4-5-14-8-11-6-9-10(14)13-7-12-9/h6-8H,2-5H2,1H3. The van der Waals surface area contributed by atoms with Crippen LogP contribution in [0.2, 0.25) is 0 Å². The number of imidazole rings is 1. The number of aromatic nitrogens is 4. The highest BCUT2D eigenvalue weighted by Crippen LogP contribution is 2.14. The highest BCUT2D eigenvalue weighted by Gasteiger charge is 2.08. The van der Waals surface area contributed by atoms with Crippen LogP contribution in [0.1, 0.15) is 26.2 Å². The number of unbranched alkanes of at least 4 members (excludes halogenated alkanes) is 2. The number of hydrogen-bond donors (Lipinski definition) is 0. The average Bonchev–Trinajstić information content (AvgIpc) is 2.67. The van der Waals surface area contributed by atoms with Gasteiger partial charge in [0, 0.05) is 6.54 Å². The van der Waals surface area contributed by atoms with E-state index in [1.165, 1.54) is 19.3 Å². The molecular formula is C10H14N4. The Labute approximate surface area is 83.4 Å². The summed E-state index contributed by atoms with van der Waals surface area (Å²) in [6, 6.07) is 0. The first-order valence-electron chi connectivity index (χ1n) is 5.02. The average molecular weight is 190 g/mol. The molecule has 4 heteroatoms. The lowest BCUT2D eigenvalue weighted by molar-refractivity contribution is 0.592. The van der Waals surface area contributed by atoms with Crippen molar-refractivity contribution < 1.29 is 0 Å². The number of fused-ring (bicyclic) bond motifs is 1. The molecule has 74 valence electrons. The lowest BCUT2D eigenvalue weighted by Crippen LogP contribution is -2.04. The molecule has 0 aromatic rings. The molecule has 0 N–H and O–H groups in total. The number of aryl methyl sites for hydroxylation is 1. The van der Waals surface area contributed by atoms with Gasteiger partial charge >= 0.3 is 0 Å². The van der Waals surface area contributed by atoms with Gasteiger partial charge in [0.1, 0.15) is 12.0 Å². The highest BCUT2D eigenvalue weighted by atomic mass is 15.1. The minimum Gasteiger partial charge on any atom is -0.315 e. The first-order chi connectivity index (χ1) is 6.92. The molecule has 2 aliphatic rings. The van der Waals surface area contributed by atoms with Gasteiger partial charge in [-0.25, -0.2) is 15.0 Å². The molecule has 0 unspecified atom stereocenters. The van der Waals surface area contributed by atoms with Crippen LogP contribution in [0.4, 0.5) is 0 Å². The Morgan fingerprint density at radius 2 is 2.21 bits per heavy atom. The third-order valence-corrected chi connectivity index (χ3v) is 2.28. The van der Waals surface area contributed by atoms with Crippen molar-refractivity contribution in [2.75, 3.05) is 0 Å². The maximum atomic E-state index is 4.21. The summed E-state index contributed by atoms with van der Waals surface area (Å²) in [5.74, 6) is 0.941. The summed E-state index contributed by atoms with van der Waals surface area (Å²) in [4.78, 5) is 12.4. The molecule has 0 fully saturated rings. The molecule has 2 rings (SSSR count). The van der Waals surface area contributed by atoms with Crippen molar-refractivity contribution in [3.05, 3.63) is 18.9 Å². The van der Waals surface area contributed by atoms with E-state index in [4.69, 9.17) is 0 Å². The first-order valence-corrected chi connectivity index (χ1v) is 5.02. The third-order valence-electron chi connectivity index (χ3n) is 2.28. The number of nitrogens with zero attached hydrogens (tertiary/aromatic N) is 4. The summed E-state index contributed by atoms with van der Waals surface area (Å²) in [7, 11) is 0. The van der Waals surface area contributed by atoms with Crippen molar-refractivity contribution in [3.63, 3.8) is 0 Å². The van der Waals surface area contributed by atoms with E-state index in [-0.39, 0.29) is 0 Å². The van der Waals surface area contributed by atoms with Gasteiger partial charge in [-0.05, 0) is 6.42 Å². The molecule has 14 heavy (non-hydrogen) atoms. The van der Waals surface area contributed by atoms with Crippen LogP contribution < -0.4 is 0 Å². The van der Waals surface area contributed by atoms with Gasteiger partial charge in [-0.2, -0.15) is 0 Å². The minimum atomic E-state index is 0.879. The zero-order valence-electron chi connectivity index (χ0n) is 8.35. The van der Waals surface area contributed by atoms with Crippen LogP contribution in [0.15, 0.2) is 18.9 Å². The van der Waals surface area contributed by atoms with Crippen molar-refractivity contribution in [2.45, 2.75) is 32.7 Å².